The molecule has 0 amide bonds. The van der Waals surface area contributed by atoms with E-state index in [1.807, 2.05) is 0 Å². The minimum Gasteiger partial charge on any atom is -0.465 e. The number of esters is 1. The minimum atomic E-state index is -4.16. The molecule has 112 valence electrons. The number of hydrogen-bond donors (Lipinski definition) is 1. The van der Waals surface area contributed by atoms with Crippen molar-refractivity contribution in [3.63, 3.8) is 0 Å². The molecule has 0 spiro atoms. The Morgan fingerprint density at radius 3 is 2.63 bits per heavy atom. The van der Waals surface area contributed by atoms with Crippen LogP contribution >= 0.6 is 0 Å². The van der Waals surface area contributed by atoms with Gasteiger partial charge in [0.1, 0.15) is 6.04 Å². The minimum absolute atomic E-state index is 0.0121. The molecule has 1 N–H and O–H groups in total. The number of carbonyl (C=O) groups is 1. The zero-order chi connectivity index (χ0) is 14.3. The zero-order valence-corrected chi connectivity index (χ0v) is 11.0. The van der Waals surface area contributed by atoms with Gasteiger partial charge in [-0.1, -0.05) is 0 Å². The van der Waals surface area contributed by atoms with Crippen LogP contribution in [0.25, 0.3) is 0 Å². The van der Waals surface area contributed by atoms with E-state index in [1.54, 1.807) is 6.92 Å². The second kappa shape index (κ2) is 7.69. The van der Waals surface area contributed by atoms with Crippen LogP contribution in [0.5, 0.6) is 0 Å². The Bertz CT molecular complexity index is 280. The summed E-state index contributed by atoms with van der Waals surface area (Å²) in [5, 5.41) is 3.06. The third kappa shape index (κ3) is 8.05. The highest BCUT2D eigenvalue weighted by atomic mass is 19.4. The van der Waals surface area contributed by atoms with E-state index < -0.39 is 24.6 Å². The fourth-order valence-electron chi connectivity index (χ4n) is 1.54. The van der Waals surface area contributed by atoms with Crippen molar-refractivity contribution in [2.45, 2.75) is 50.9 Å². The van der Waals surface area contributed by atoms with Crippen molar-refractivity contribution in [2.75, 3.05) is 19.8 Å². The van der Waals surface area contributed by atoms with Gasteiger partial charge in [-0.25, -0.2) is 0 Å². The Hall–Kier alpha value is -0.820. The largest absolute Gasteiger partial charge is 0.465 e. The fourth-order valence-corrected chi connectivity index (χ4v) is 1.54. The standard InChI is InChI=1S/C12H20F3NO3/c1-2-19-11(17)10(16-9-4-5-9)8-18-7-3-6-12(13,14)15/h9-10,16H,2-8H2,1H3. The summed E-state index contributed by atoms with van der Waals surface area (Å²) in [5.74, 6) is -0.412. The molecular formula is C12H20F3NO3. The van der Waals surface area contributed by atoms with Gasteiger partial charge in [-0.15, -0.1) is 0 Å². The molecule has 4 nitrogen and oxygen atoms in total. The lowest BCUT2D eigenvalue weighted by atomic mass is 10.3. The van der Waals surface area contributed by atoms with Gasteiger partial charge in [0.15, 0.2) is 0 Å². The predicted molar refractivity (Wildman–Crippen MR) is 62.7 cm³/mol. The Balaban J connectivity index is 2.18. The summed E-state index contributed by atoms with van der Waals surface area (Å²) in [6.07, 6.45) is -3.11. The van der Waals surface area contributed by atoms with Gasteiger partial charge in [-0.05, 0) is 26.2 Å². The third-order valence-electron chi connectivity index (χ3n) is 2.62. The Kier molecular flexibility index (Phi) is 6.57. The first-order valence-corrected chi connectivity index (χ1v) is 6.49. The molecule has 1 fully saturated rings. The van der Waals surface area contributed by atoms with E-state index in [0.29, 0.717) is 6.04 Å². The number of halogens is 3. The Morgan fingerprint density at radius 1 is 1.42 bits per heavy atom. The monoisotopic (exact) mass is 283 g/mol. The highest BCUT2D eigenvalue weighted by molar-refractivity contribution is 5.76. The normalized spacial score (nSPS) is 17.3. The number of ether oxygens (including phenoxy) is 2. The van der Waals surface area contributed by atoms with Gasteiger partial charge in [-0.3, -0.25) is 10.1 Å². The lowest BCUT2D eigenvalue weighted by molar-refractivity contribution is -0.148. The molecule has 1 rings (SSSR count). The molecule has 1 aliphatic rings. The molecule has 0 radical (unpaired) electrons. The average molecular weight is 283 g/mol. The van der Waals surface area contributed by atoms with Gasteiger partial charge in [0, 0.05) is 19.1 Å². The number of alkyl halides is 3. The van der Waals surface area contributed by atoms with Gasteiger partial charge in [0.2, 0.25) is 0 Å². The SMILES string of the molecule is CCOC(=O)C(COCCCC(F)(F)F)NC1CC1. The molecule has 1 saturated carbocycles. The van der Waals surface area contributed by atoms with Gasteiger partial charge in [0.05, 0.1) is 13.2 Å². The predicted octanol–water partition coefficient (Wildman–Crippen LogP) is 2.03. The van der Waals surface area contributed by atoms with Crippen molar-refractivity contribution in [1.82, 2.24) is 5.32 Å². The van der Waals surface area contributed by atoms with Gasteiger partial charge < -0.3 is 9.47 Å². The molecule has 1 unspecified atom stereocenters. The fraction of sp³-hybridized carbons (Fsp3) is 0.917. The second-order valence-corrected chi connectivity index (χ2v) is 4.54. The van der Waals surface area contributed by atoms with Crippen LogP contribution in [0.15, 0.2) is 0 Å². The van der Waals surface area contributed by atoms with Crippen molar-refractivity contribution in [3.05, 3.63) is 0 Å². The summed E-state index contributed by atoms with van der Waals surface area (Å²) in [6.45, 7) is 2.01. The molecule has 0 aromatic heterocycles. The first-order valence-electron chi connectivity index (χ1n) is 6.49. The first kappa shape index (κ1) is 16.2. The quantitative estimate of drug-likeness (QED) is 0.519. The Labute approximate surface area is 110 Å². The van der Waals surface area contributed by atoms with Crippen LogP contribution < -0.4 is 5.32 Å². The molecule has 0 bridgehead atoms. The van der Waals surface area contributed by atoms with E-state index in [-0.39, 0.29) is 26.2 Å². The molecular weight excluding hydrogens is 263 g/mol. The van der Waals surface area contributed by atoms with Gasteiger partial charge in [0.25, 0.3) is 0 Å². The zero-order valence-electron chi connectivity index (χ0n) is 11.0. The van der Waals surface area contributed by atoms with E-state index >= 15 is 0 Å². The number of hydrogen-bond acceptors (Lipinski definition) is 4. The van der Waals surface area contributed by atoms with Crippen LogP contribution in [-0.4, -0.2) is 44.0 Å². The lowest BCUT2D eigenvalue weighted by Crippen LogP contribution is -2.43. The number of nitrogens with one attached hydrogen (secondary N) is 1. The summed E-state index contributed by atoms with van der Waals surface area (Å²) in [4.78, 5) is 11.6. The van der Waals surface area contributed by atoms with E-state index in [2.05, 4.69) is 5.32 Å². The van der Waals surface area contributed by atoms with Gasteiger partial charge in [-0.2, -0.15) is 13.2 Å². The first-order chi connectivity index (χ1) is 8.92. The summed E-state index contributed by atoms with van der Waals surface area (Å²) in [6, 6.07) is -0.286. The summed E-state index contributed by atoms with van der Waals surface area (Å²) in [7, 11) is 0. The molecule has 0 aliphatic heterocycles. The average Bonchev–Trinajstić information content (AvgIpc) is 3.09. The highest BCUT2D eigenvalue weighted by Gasteiger charge is 2.29. The molecule has 0 aromatic carbocycles. The van der Waals surface area contributed by atoms with Crippen molar-refractivity contribution in [3.8, 4) is 0 Å². The topological polar surface area (TPSA) is 47.6 Å². The van der Waals surface area contributed by atoms with Crippen LogP contribution in [0.3, 0.4) is 0 Å². The molecule has 0 saturated heterocycles. The van der Waals surface area contributed by atoms with Crippen LogP contribution in [0, 0.1) is 0 Å². The molecule has 0 heterocycles. The van der Waals surface area contributed by atoms with Crippen molar-refractivity contribution >= 4 is 5.97 Å². The number of carbonyl (C=O) groups excluding carboxylic acids is 1. The van der Waals surface area contributed by atoms with Gasteiger partial charge >= 0.3 is 12.1 Å². The molecule has 0 aromatic rings. The van der Waals surface area contributed by atoms with Crippen LogP contribution in [0.1, 0.15) is 32.6 Å². The van der Waals surface area contributed by atoms with E-state index in [9.17, 15) is 18.0 Å². The van der Waals surface area contributed by atoms with Crippen LogP contribution in [0.2, 0.25) is 0 Å². The smallest absolute Gasteiger partial charge is 0.389 e. The summed E-state index contributed by atoms with van der Waals surface area (Å²) >= 11 is 0. The van der Waals surface area contributed by atoms with E-state index in [0.717, 1.165) is 12.8 Å². The van der Waals surface area contributed by atoms with E-state index in [4.69, 9.17) is 9.47 Å². The lowest BCUT2D eigenvalue weighted by Gasteiger charge is -2.17. The highest BCUT2D eigenvalue weighted by Crippen LogP contribution is 2.21. The summed E-state index contributed by atoms with van der Waals surface area (Å²) < 4.78 is 45.7. The Morgan fingerprint density at radius 2 is 2.11 bits per heavy atom. The number of rotatable bonds is 9. The van der Waals surface area contributed by atoms with Crippen molar-refractivity contribution in [1.29, 1.82) is 0 Å². The molecule has 1 atom stereocenters. The summed E-state index contributed by atoms with van der Waals surface area (Å²) in [5.41, 5.74) is 0. The van der Waals surface area contributed by atoms with Crippen LogP contribution in [0.4, 0.5) is 13.2 Å². The maximum atomic E-state index is 11.9. The second-order valence-electron chi connectivity index (χ2n) is 4.54. The molecule has 7 heteroatoms. The maximum absolute atomic E-state index is 11.9. The molecule has 19 heavy (non-hydrogen) atoms. The van der Waals surface area contributed by atoms with Crippen molar-refractivity contribution in [2.24, 2.45) is 0 Å². The maximum Gasteiger partial charge on any atom is 0.389 e. The van der Waals surface area contributed by atoms with Crippen molar-refractivity contribution < 1.29 is 27.4 Å². The molecule has 1 aliphatic carbocycles. The van der Waals surface area contributed by atoms with Crippen LogP contribution in [-0.2, 0) is 14.3 Å². The third-order valence-corrected chi connectivity index (χ3v) is 2.62. The van der Waals surface area contributed by atoms with E-state index in [1.165, 1.54) is 0 Å².